The van der Waals surface area contributed by atoms with Gasteiger partial charge in [0.15, 0.2) is 0 Å². The largest absolute Gasteiger partial charge is 0.379 e. The van der Waals surface area contributed by atoms with Crippen molar-refractivity contribution < 1.29 is 4.74 Å². The number of methoxy groups -OCH3 is 1. The average molecular weight is 217 g/mol. The number of hydrogen-bond donors (Lipinski definition) is 1. The molecule has 1 heterocycles. The minimum Gasteiger partial charge on any atom is -0.379 e. The van der Waals surface area contributed by atoms with Crippen molar-refractivity contribution in [1.82, 2.24) is 5.32 Å². The van der Waals surface area contributed by atoms with E-state index < -0.39 is 0 Å². The lowest BCUT2D eigenvalue weighted by Crippen LogP contribution is -2.49. The van der Waals surface area contributed by atoms with E-state index in [-0.39, 0.29) is 10.5 Å². The van der Waals surface area contributed by atoms with Gasteiger partial charge in [0.2, 0.25) is 0 Å². The molecular formula is C11H23NOS. The quantitative estimate of drug-likeness (QED) is 0.785. The molecule has 0 spiro atoms. The van der Waals surface area contributed by atoms with Crippen molar-refractivity contribution in [3.05, 3.63) is 0 Å². The smallest absolute Gasteiger partial charge is 0.0648 e. The molecule has 3 heteroatoms. The Morgan fingerprint density at radius 1 is 1.57 bits per heavy atom. The highest BCUT2D eigenvalue weighted by Gasteiger charge is 2.36. The maximum absolute atomic E-state index is 5.49. The summed E-state index contributed by atoms with van der Waals surface area (Å²) in [4.78, 5) is 0.178. The van der Waals surface area contributed by atoms with Crippen LogP contribution >= 0.6 is 11.8 Å². The first-order valence-corrected chi connectivity index (χ1v) is 6.23. The minimum atomic E-state index is -0.0359. The Morgan fingerprint density at radius 2 is 2.21 bits per heavy atom. The lowest BCUT2D eigenvalue weighted by molar-refractivity contribution is 0.00469. The Kier molecular flexibility index (Phi) is 3.89. The van der Waals surface area contributed by atoms with Gasteiger partial charge in [0.1, 0.15) is 0 Å². The van der Waals surface area contributed by atoms with Crippen molar-refractivity contribution in [3.63, 3.8) is 0 Å². The monoisotopic (exact) mass is 217 g/mol. The molecule has 2 atom stereocenters. The van der Waals surface area contributed by atoms with Crippen LogP contribution in [-0.4, -0.2) is 29.4 Å². The van der Waals surface area contributed by atoms with Crippen LogP contribution in [0.2, 0.25) is 0 Å². The van der Waals surface area contributed by atoms with Crippen molar-refractivity contribution in [1.29, 1.82) is 0 Å². The maximum Gasteiger partial charge on any atom is 0.0648 e. The molecule has 14 heavy (non-hydrogen) atoms. The summed E-state index contributed by atoms with van der Waals surface area (Å²) in [5, 5.41) is 4.36. The SMILES string of the molecule is COC(C)(C)CC1(C)NCCC(C)S1. The second-order valence-corrected chi connectivity index (χ2v) is 6.96. The van der Waals surface area contributed by atoms with Gasteiger partial charge in [0.25, 0.3) is 0 Å². The van der Waals surface area contributed by atoms with Crippen LogP contribution in [0.1, 0.15) is 40.5 Å². The van der Waals surface area contributed by atoms with E-state index in [9.17, 15) is 0 Å². The molecule has 84 valence electrons. The molecule has 0 aromatic rings. The molecule has 1 N–H and O–H groups in total. The Bertz CT molecular complexity index is 196. The van der Waals surface area contributed by atoms with E-state index in [1.54, 1.807) is 7.11 Å². The topological polar surface area (TPSA) is 21.3 Å². The predicted molar refractivity (Wildman–Crippen MR) is 63.8 cm³/mol. The van der Waals surface area contributed by atoms with Gasteiger partial charge in [-0.2, -0.15) is 0 Å². The first-order valence-electron chi connectivity index (χ1n) is 5.35. The van der Waals surface area contributed by atoms with Crippen LogP contribution in [-0.2, 0) is 4.74 Å². The second kappa shape index (κ2) is 4.42. The van der Waals surface area contributed by atoms with E-state index in [0.717, 1.165) is 18.2 Å². The first-order chi connectivity index (χ1) is 6.37. The fourth-order valence-electron chi connectivity index (χ4n) is 2.07. The molecule has 1 saturated heterocycles. The number of nitrogens with one attached hydrogen (secondary N) is 1. The Balaban J connectivity index is 2.56. The molecule has 0 radical (unpaired) electrons. The third kappa shape index (κ3) is 3.44. The van der Waals surface area contributed by atoms with Crippen LogP contribution in [0.3, 0.4) is 0 Å². The summed E-state index contributed by atoms with van der Waals surface area (Å²) < 4.78 is 5.49. The van der Waals surface area contributed by atoms with Gasteiger partial charge in [0.05, 0.1) is 10.5 Å². The standard InChI is InChI=1S/C11H23NOS/c1-9-6-7-12-11(4,14-9)8-10(2,3)13-5/h9,12H,6-8H2,1-5H3. The third-order valence-corrected chi connectivity index (χ3v) is 4.27. The molecule has 0 aromatic carbocycles. The first kappa shape index (κ1) is 12.3. The highest BCUT2D eigenvalue weighted by Crippen LogP contribution is 2.38. The van der Waals surface area contributed by atoms with Crippen LogP contribution < -0.4 is 5.32 Å². The minimum absolute atomic E-state index is 0.0359. The number of thioether (sulfide) groups is 1. The zero-order valence-corrected chi connectivity index (χ0v) is 10.8. The van der Waals surface area contributed by atoms with E-state index in [2.05, 4.69) is 33.0 Å². The summed E-state index contributed by atoms with van der Waals surface area (Å²) in [6.45, 7) is 10.0. The summed E-state index contributed by atoms with van der Waals surface area (Å²) in [5.74, 6) is 0. The molecule has 0 amide bonds. The number of ether oxygens (including phenoxy) is 1. The zero-order valence-electron chi connectivity index (χ0n) is 10.0. The highest BCUT2D eigenvalue weighted by molar-refractivity contribution is 8.01. The van der Waals surface area contributed by atoms with Gasteiger partial charge in [-0.3, -0.25) is 0 Å². The van der Waals surface area contributed by atoms with Gasteiger partial charge < -0.3 is 10.1 Å². The van der Waals surface area contributed by atoms with E-state index in [0.29, 0.717) is 0 Å². The molecule has 1 aliphatic heterocycles. The van der Waals surface area contributed by atoms with Crippen LogP contribution in [0.4, 0.5) is 0 Å². The summed E-state index contributed by atoms with van der Waals surface area (Å²) >= 11 is 2.04. The van der Waals surface area contributed by atoms with Crippen molar-refractivity contribution in [2.75, 3.05) is 13.7 Å². The summed E-state index contributed by atoms with van der Waals surface area (Å²) in [5.41, 5.74) is -0.0359. The van der Waals surface area contributed by atoms with E-state index >= 15 is 0 Å². The van der Waals surface area contributed by atoms with E-state index in [4.69, 9.17) is 4.74 Å². The lowest BCUT2D eigenvalue weighted by atomic mass is 9.99. The Hall–Kier alpha value is 0.270. The van der Waals surface area contributed by atoms with Crippen molar-refractivity contribution in [2.24, 2.45) is 0 Å². The molecule has 0 bridgehead atoms. The molecule has 2 nitrogen and oxygen atoms in total. The molecule has 0 saturated carbocycles. The Labute approximate surface area is 92.2 Å². The molecule has 1 fully saturated rings. The van der Waals surface area contributed by atoms with Gasteiger partial charge in [-0.15, -0.1) is 11.8 Å². The van der Waals surface area contributed by atoms with Crippen molar-refractivity contribution in [2.45, 2.75) is 56.3 Å². The maximum atomic E-state index is 5.49. The number of rotatable bonds is 3. The summed E-state index contributed by atoms with van der Waals surface area (Å²) in [7, 11) is 1.79. The van der Waals surface area contributed by atoms with Gasteiger partial charge >= 0.3 is 0 Å². The van der Waals surface area contributed by atoms with Crippen LogP contribution in [0.5, 0.6) is 0 Å². The predicted octanol–water partition coefficient (Wildman–Crippen LogP) is 2.63. The van der Waals surface area contributed by atoms with E-state index in [1.165, 1.54) is 6.42 Å². The van der Waals surface area contributed by atoms with Crippen LogP contribution in [0, 0.1) is 0 Å². The molecule has 1 rings (SSSR count). The summed E-state index contributed by atoms with van der Waals surface area (Å²) in [6, 6.07) is 0. The van der Waals surface area contributed by atoms with Gasteiger partial charge in [-0.25, -0.2) is 0 Å². The summed E-state index contributed by atoms with van der Waals surface area (Å²) in [6.07, 6.45) is 2.32. The lowest BCUT2D eigenvalue weighted by Gasteiger charge is -2.42. The fraction of sp³-hybridized carbons (Fsp3) is 1.00. The third-order valence-electron chi connectivity index (χ3n) is 2.83. The van der Waals surface area contributed by atoms with Gasteiger partial charge in [-0.1, -0.05) is 6.92 Å². The Morgan fingerprint density at radius 3 is 2.71 bits per heavy atom. The normalized spacial score (nSPS) is 34.5. The molecule has 0 aliphatic carbocycles. The molecule has 2 unspecified atom stereocenters. The molecular weight excluding hydrogens is 194 g/mol. The van der Waals surface area contributed by atoms with E-state index in [1.807, 2.05) is 11.8 Å². The highest BCUT2D eigenvalue weighted by atomic mass is 32.2. The average Bonchev–Trinajstić information content (AvgIpc) is 2.01. The molecule has 1 aliphatic rings. The zero-order chi connectivity index (χ0) is 10.8. The fourth-order valence-corrected chi connectivity index (χ4v) is 3.81. The molecule has 0 aromatic heterocycles. The number of hydrogen-bond acceptors (Lipinski definition) is 3. The van der Waals surface area contributed by atoms with Gasteiger partial charge in [0, 0.05) is 18.8 Å². The van der Waals surface area contributed by atoms with Crippen LogP contribution in [0.25, 0.3) is 0 Å². The van der Waals surface area contributed by atoms with Crippen molar-refractivity contribution >= 4 is 11.8 Å². The van der Waals surface area contributed by atoms with Gasteiger partial charge in [-0.05, 0) is 33.7 Å². The second-order valence-electron chi connectivity index (χ2n) is 5.02. The van der Waals surface area contributed by atoms with Crippen molar-refractivity contribution in [3.8, 4) is 0 Å². The van der Waals surface area contributed by atoms with Crippen LogP contribution in [0.15, 0.2) is 0 Å².